The van der Waals surface area contributed by atoms with Crippen molar-refractivity contribution in [3.05, 3.63) is 18.0 Å². The van der Waals surface area contributed by atoms with Gasteiger partial charge in [-0.15, -0.1) is 0 Å². The van der Waals surface area contributed by atoms with Crippen LogP contribution in [0, 0.1) is 0 Å². The fourth-order valence-corrected chi connectivity index (χ4v) is 2.34. The molecule has 1 fully saturated rings. The maximum Gasteiger partial charge on any atom is 0.409 e. The van der Waals surface area contributed by atoms with Gasteiger partial charge in [-0.1, -0.05) is 13.3 Å². The number of hydrogen-bond donors (Lipinski definition) is 0. The van der Waals surface area contributed by atoms with Gasteiger partial charge in [0.25, 0.3) is 5.91 Å². The van der Waals surface area contributed by atoms with Crippen LogP contribution in [-0.2, 0) is 9.57 Å². The van der Waals surface area contributed by atoms with Crippen molar-refractivity contribution in [3.8, 4) is 0 Å². The predicted molar refractivity (Wildman–Crippen MR) is 91.2 cm³/mol. The third-order valence-corrected chi connectivity index (χ3v) is 3.99. The summed E-state index contributed by atoms with van der Waals surface area (Å²) in [5.41, 5.74) is 0.353. The van der Waals surface area contributed by atoms with Crippen molar-refractivity contribution in [2.75, 3.05) is 51.8 Å². The van der Waals surface area contributed by atoms with Crippen molar-refractivity contribution < 1.29 is 19.2 Å². The number of unbranched alkanes of at least 4 members (excludes halogenated alkanes) is 1. The number of carbonyl (C=O) groups excluding carboxylic acids is 2. The minimum Gasteiger partial charge on any atom is -0.449 e. The lowest BCUT2D eigenvalue weighted by Crippen LogP contribution is -2.49. The quantitative estimate of drug-likeness (QED) is 0.561. The second-order valence-electron chi connectivity index (χ2n) is 5.70. The Morgan fingerprint density at radius 2 is 1.84 bits per heavy atom. The van der Waals surface area contributed by atoms with Crippen LogP contribution in [0.15, 0.2) is 12.4 Å². The Bertz CT molecular complexity index is 572. The SMILES string of the molecule is CCCCOC(=O)N1CCN(c2ncc(C(=O)N(C)OC)cn2)CC1. The molecule has 2 heterocycles. The van der Waals surface area contributed by atoms with Crippen LogP contribution in [0.2, 0.25) is 0 Å². The molecule has 0 atom stereocenters. The van der Waals surface area contributed by atoms with Crippen LogP contribution in [0.4, 0.5) is 10.7 Å². The van der Waals surface area contributed by atoms with Crippen LogP contribution in [-0.4, -0.2) is 78.9 Å². The highest BCUT2D eigenvalue weighted by atomic mass is 16.7. The summed E-state index contributed by atoms with van der Waals surface area (Å²) in [6.45, 7) is 4.87. The Morgan fingerprint density at radius 3 is 2.40 bits per heavy atom. The highest BCUT2D eigenvalue weighted by Gasteiger charge is 2.23. The van der Waals surface area contributed by atoms with E-state index in [0.717, 1.165) is 17.9 Å². The van der Waals surface area contributed by atoms with Crippen molar-refractivity contribution >= 4 is 17.9 Å². The Morgan fingerprint density at radius 1 is 1.20 bits per heavy atom. The summed E-state index contributed by atoms with van der Waals surface area (Å²) in [5.74, 6) is 0.226. The summed E-state index contributed by atoms with van der Waals surface area (Å²) in [5, 5.41) is 1.11. The minimum absolute atomic E-state index is 0.266. The summed E-state index contributed by atoms with van der Waals surface area (Å²) in [7, 11) is 2.94. The summed E-state index contributed by atoms with van der Waals surface area (Å²) in [6, 6.07) is 0. The predicted octanol–water partition coefficient (Wildman–Crippen LogP) is 1.17. The number of aromatic nitrogens is 2. The number of amides is 2. The molecule has 0 spiro atoms. The summed E-state index contributed by atoms with van der Waals surface area (Å²) >= 11 is 0. The van der Waals surface area contributed by atoms with E-state index in [1.807, 2.05) is 4.90 Å². The van der Waals surface area contributed by atoms with Crippen molar-refractivity contribution in [3.63, 3.8) is 0 Å². The molecule has 1 aliphatic rings. The lowest BCUT2D eigenvalue weighted by molar-refractivity contribution is -0.0757. The highest BCUT2D eigenvalue weighted by molar-refractivity contribution is 5.92. The third-order valence-electron chi connectivity index (χ3n) is 3.99. The topological polar surface area (TPSA) is 88.1 Å². The average Bonchev–Trinajstić information content (AvgIpc) is 2.67. The van der Waals surface area contributed by atoms with Gasteiger partial charge in [0.2, 0.25) is 5.95 Å². The van der Waals surface area contributed by atoms with Gasteiger partial charge in [0.15, 0.2) is 0 Å². The molecule has 0 bridgehead atoms. The molecule has 0 aliphatic carbocycles. The lowest BCUT2D eigenvalue weighted by atomic mass is 10.3. The van der Waals surface area contributed by atoms with Crippen LogP contribution in [0.25, 0.3) is 0 Å². The van der Waals surface area contributed by atoms with E-state index in [1.165, 1.54) is 26.6 Å². The number of anilines is 1. The van der Waals surface area contributed by atoms with Crippen molar-refractivity contribution in [1.82, 2.24) is 19.9 Å². The van der Waals surface area contributed by atoms with Crippen LogP contribution in [0.5, 0.6) is 0 Å². The Labute approximate surface area is 147 Å². The average molecular weight is 351 g/mol. The van der Waals surface area contributed by atoms with Gasteiger partial charge in [-0.05, 0) is 6.42 Å². The zero-order valence-corrected chi connectivity index (χ0v) is 15.0. The molecular formula is C16H25N5O4. The monoisotopic (exact) mass is 351 g/mol. The van der Waals surface area contributed by atoms with Crippen LogP contribution in [0.3, 0.4) is 0 Å². The van der Waals surface area contributed by atoms with E-state index in [2.05, 4.69) is 16.9 Å². The molecule has 2 rings (SSSR count). The maximum atomic E-state index is 11.9. The van der Waals surface area contributed by atoms with Gasteiger partial charge in [0.05, 0.1) is 19.3 Å². The van der Waals surface area contributed by atoms with Gasteiger partial charge >= 0.3 is 6.09 Å². The molecule has 1 aliphatic heterocycles. The Balaban J connectivity index is 1.86. The van der Waals surface area contributed by atoms with E-state index in [4.69, 9.17) is 9.57 Å². The fourth-order valence-electron chi connectivity index (χ4n) is 2.34. The zero-order valence-electron chi connectivity index (χ0n) is 15.0. The Kier molecular flexibility index (Phi) is 6.93. The number of hydrogen-bond acceptors (Lipinski definition) is 7. The normalized spacial score (nSPS) is 14.4. The molecule has 138 valence electrons. The van der Waals surface area contributed by atoms with E-state index in [1.54, 1.807) is 4.90 Å². The van der Waals surface area contributed by atoms with E-state index >= 15 is 0 Å². The number of nitrogens with zero attached hydrogens (tertiary/aromatic N) is 5. The smallest absolute Gasteiger partial charge is 0.409 e. The first-order valence-electron chi connectivity index (χ1n) is 8.37. The van der Waals surface area contributed by atoms with Crippen LogP contribution < -0.4 is 4.90 Å². The molecule has 25 heavy (non-hydrogen) atoms. The van der Waals surface area contributed by atoms with Crippen molar-refractivity contribution in [2.24, 2.45) is 0 Å². The molecule has 1 aromatic heterocycles. The maximum absolute atomic E-state index is 11.9. The van der Waals surface area contributed by atoms with Gasteiger partial charge in [-0.3, -0.25) is 9.63 Å². The van der Waals surface area contributed by atoms with E-state index < -0.39 is 0 Å². The molecule has 0 N–H and O–H groups in total. The lowest BCUT2D eigenvalue weighted by Gasteiger charge is -2.34. The van der Waals surface area contributed by atoms with Crippen LogP contribution in [0.1, 0.15) is 30.1 Å². The minimum atomic E-state index is -0.311. The third kappa shape index (κ3) is 5.02. The number of hydroxylamine groups is 2. The number of ether oxygens (including phenoxy) is 1. The molecular weight excluding hydrogens is 326 g/mol. The van der Waals surface area contributed by atoms with E-state index in [0.29, 0.717) is 44.3 Å². The summed E-state index contributed by atoms with van der Waals surface area (Å²) in [6.07, 6.45) is 4.56. The number of piperazine rings is 1. The fraction of sp³-hybridized carbons (Fsp3) is 0.625. The van der Waals surface area contributed by atoms with E-state index in [9.17, 15) is 9.59 Å². The van der Waals surface area contributed by atoms with E-state index in [-0.39, 0.29) is 12.0 Å². The summed E-state index contributed by atoms with van der Waals surface area (Å²) < 4.78 is 5.22. The van der Waals surface area contributed by atoms with Gasteiger partial charge in [0, 0.05) is 45.6 Å². The summed E-state index contributed by atoms with van der Waals surface area (Å²) in [4.78, 5) is 40.9. The largest absolute Gasteiger partial charge is 0.449 e. The zero-order chi connectivity index (χ0) is 18.2. The number of rotatable bonds is 6. The molecule has 0 saturated carbocycles. The molecule has 2 amide bonds. The second kappa shape index (κ2) is 9.16. The molecule has 0 aromatic carbocycles. The van der Waals surface area contributed by atoms with Crippen molar-refractivity contribution in [1.29, 1.82) is 0 Å². The molecule has 1 aromatic rings. The molecule has 0 unspecified atom stereocenters. The second-order valence-corrected chi connectivity index (χ2v) is 5.70. The van der Waals surface area contributed by atoms with Gasteiger partial charge in [0.1, 0.15) is 0 Å². The van der Waals surface area contributed by atoms with Gasteiger partial charge in [-0.25, -0.2) is 19.8 Å². The first kappa shape index (κ1) is 18.9. The molecule has 9 heteroatoms. The Hall–Kier alpha value is -2.42. The van der Waals surface area contributed by atoms with Gasteiger partial charge in [-0.2, -0.15) is 0 Å². The molecule has 1 saturated heterocycles. The van der Waals surface area contributed by atoms with Crippen LogP contribution >= 0.6 is 0 Å². The van der Waals surface area contributed by atoms with Crippen molar-refractivity contribution in [2.45, 2.75) is 19.8 Å². The number of carbonyl (C=O) groups is 2. The highest BCUT2D eigenvalue weighted by Crippen LogP contribution is 2.12. The standard InChI is InChI=1S/C16H25N5O4/c1-4-5-10-25-16(23)21-8-6-20(7-9-21)15-17-11-13(12-18-15)14(22)19(2)24-3/h11-12H,4-10H2,1-3H3. The first-order valence-corrected chi connectivity index (χ1v) is 8.37. The first-order chi connectivity index (χ1) is 12.1. The van der Waals surface area contributed by atoms with Gasteiger partial charge < -0.3 is 14.5 Å². The molecule has 0 radical (unpaired) electrons. The molecule has 9 nitrogen and oxygen atoms in total.